The van der Waals surface area contributed by atoms with Crippen molar-refractivity contribution in [3.05, 3.63) is 83.9 Å². The molecule has 0 fully saturated rings. The van der Waals surface area contributed by atoms with Crippen LogP contribution in [0, 0.1) is 0 Å². The summed E-state index contributed by atoms with van der Waals surface area (Å²) < 4.78 is 16.1. The SMILES string of the molecule is COC(=O)[C@](O)(c1ccc(OC)cc1)C1c2ccccc2-c2ccccc2N1C(=O)OC(C)(C)C. The van der Waals surface area contributed by atoms with Gasteiger partial charge < -0.3 is 19.3 Å². The van der Waals surface area contributed by atoms with Crippen LogP contribution in [0.2, 0.25) is 0 Å². The van der Waals surface area contributed by atoms with Gasteiger partial charge in [-0.25, -0.2) is 9.59 Å². The Bertz CT molecular complexity index is 1250. The lowest BCUT2D eigenvalue weighted by molar-refractivity contribution is -0.166. The Kier molecular flexibility index (Phi) is 6.30. The smallest absolute Gasteiger partial charge is 0.415 e. The second kappa shape index (κ2) is 9.07. The number of nitrogens with zero attached hydrogens (tertiary/aromatic N) is 1. The molecule has 0 aliphatic carbocycles. The Morgan fingerprint density at radius 3 is 2.06 bits per heavy atom. The van der Waals surface area contributed by atoms with Crippen LogP contribution < -0.4 is 9.64 Å². The normalized spacial score (nSPS) is 16.4. The van der Waals surface area contributed by atoms with Crippen molar-refractivity contribution in [3.8, 4) is 16.9 Å². The third-order valence-corrected chi connectivity index (χ3v) is 5.98. The fraction of sp³-hybridized carbons (Fsp3) is 0.286. The van der Waals surface area contributed by atoms with Gasteiger partial charge in [-0.15, -0.1) is 0 Å². The van der Waals surface area contributed by atoms with Crippen molar-refractivity contribution >= 4 is 17.7 Å². The first-order valence-corrected chi connectivity index (χ1v) is 11.3. The van der Waals surface area contributed by atoms with E-state index in [4.69, 9.17) is 14.2 Å². The number of rotatable bonds is 4. The lowest BCUT2D eigenvalue weighted by Crippen LogP contribution is -2.54. The van der Waals surface area contributed by atoms with E-state index in [-0.39, 0.29) is 5.56 Å². The van der Waals surface area contributed by atoms with Crippen molar-refractivity contribution in [1.82, 2.24) is 0 Å². The molecule has 7 nitrogen and oxygen atoms in total. The molecule has 0 spiro atoms. The molecule has 1 amide bonds. The zero-order valence-corrected chi connectivity index (χ0v) is 20.4. The summed E-state index contributed by atoms with van der Waals surface area (Å²) >= 11 is 0. The first-order chi connectivity index (χ1) is 16.6. The van der Waals surface area contributed by atoms with Crippen LogP contribution >= 0.6 is 0 Å². The van der Waals surface area contributed by atoms with Crippen LogP contribution in [0.1, 0.15) is 37.9 Å². The molecule has 35 heavy (non-hydrogen) atoms. The van der Waals surface area contributed by atoms with Crippen molar-refractivity contribution in [3.63, 3.8) is 0 Å². The van der Waals surface area contributed by atoms with Gasteiger partial charge in [-0.1, -0.05) is 54.6 Å². The van der Waals surface area contributed by atoms with Gasteiger partial charge in [0.1, 0.15) is 17.4 Å². The van der Waals surface area contributed by atoms with E-state index in [9.17, 15) is 14.7 Å². The van der Waals surface area contributed by atoms with Gasteiger partial charge in [0.05, 0.1) is 19.9 Å². The zero-order chi connectivity index (χ0) is 25.4. The molecule has 2 atom stereocenters. The largest absolute Gasteiger partial charge is 0.497 e. The summed E-state index contributed by atoms with van der Waals surface area (Å²) in [6, 6.07) is 20.0. The molecule has 0 saturated carbocycles. The van der Waals surface area contributed by atoms with Crippen LogP contribution in [0.3, 0.4) is 0 Å². The van der Waals surface area contributed by atoms with Crippen LogP contribution in [0.5, 0.6) is 5.75 Å². The molecule has 0 aromatic heterocycles. The van der Waals surface area contributed by atoms with E-state index < -0.39 is 29.3 Å². The number of ether oxygens (including phenoxy) is 3. The molecule has 1 heterocycles. The zero-order valence-electron chi connectivity index (χ0n) is 20.4. The van der Waals surface area contributed by atoms with Gasteiger partial charge in [0.2, 0.25) is 5.60 Å². The number of carbonyl (C=O) groups excluding carboxylic acids is 2. The lowest BCUT2D eigenvalue weighted by atomic mass is 9.76. The maximum absolute atomic E-state index is 13.7. The van der Waals surface area contributed by atoms with Crippen molar-refractivity contribution in [2.75, 3.05) is 19.1 Å². The quantitative estimate of drug-likeness (QED) is 0.521. The second-order valence-corrected chi connectivity index (χ2v) is 9.34. The summed E-state index contributed by atoms with van der Waals surface area (Å²) in [5, 5.41) is 12.3. The van der Waals surface area contributed by atoms with Gasteiger partial charge in [-0.2, -0.15) is 0 Å². The van der Waals surface area contributed by atoms with Crippen molar-refractivity contribution < 1.29 is 28.9 Å². The van der Waals surface area contributed by atoms with E-state index in [1.54, 1.807) is 69.3 Å². The Hall–Kier alpha value is -3.84. The van der Waals surface area contributed by atoms with Crippen LogP contribution in [0.25, 0.3) is 11.1 Å². The summed E-state index contributed by atoms with van der Waals surface area (Å²) in [7, 11) is 2.73. The van der Waals surface area contributed by atoms with E-state index in [1.807, 2.05) is 24.3 Å². The number of carbonyl (C=O) groups is 2. The second-order valence-electron chi connectivity index (χ2n) is 9.34. The van der Waals surface area contributed by atoms with Crippen LogP contribution in [-0.2, 0) is 19.9 Å². The number of anilines is 1. The van der Waals surface area contributed by atoms with E-state index in [0.29, 0.717) is 17.0 Å². The van der Waals surface area contributed by atoms with E-state index in [0.717, 1.165) is 11.1 Å². The molecule has 3 aromatic carbocycles. The van der Waals surface area contributed by atoms with Crippen molar-refractivity contribution in [2.45, 2.75) is 38.0 Å². The predicted octanol–water partition coefficient (Wildman–Crippen LogP) is 5.22. The molecule has 1 N–H and O–H groups in total. The molecule has 1 aliphatic heterocycles. The number of para-hydroxylation sites is 1. The van der Waals surface area contributed by atoms with E-state index >= 15 is 0 Å². The van der Waals surface area contributed by atoms with Crippen molar-refractivity contribution in [2.24, 2.45) is 0 Å². The fourth-order valence-corrected chi connectivity index (χ4v) is 4.49. The molecule has 1 aliphatic rings. The maximum atomic E-state index is 13.7. The standard InChI is InChI=1S/C28H29NO6/c1-27(2,3)35-26(31)29-23-13-9-8-11-21(23)20-10-6-7-12-22(20)24(29)28(32,25(30)34-5)18-14-16-19(33-4)17-15-18/h6-17,24,32H,1-5H3/t24?,28-/m0/s1. The number of fused-ring (bicyclic) bond motifs is 3. The average Bonchev–Trinajstić information content (AvgIpc) is 2.85. The van der Waals surface area contributed by atoms with Crippen molar-refractivity contribution in [1.29, 1.82) is 0 Å². The monoisotopic (exact) mass is 475 g/mol. The van der Waals surface area contributed by atoms with Gasteiger partial charge in [0.25, 0.3) is 0 Å². The maximum Gasteiger partial charge on any atom is 0.415 e. The molecule has 3 aromatic rings. The third kappa shape index (κ3) is 4.23. The third-order valence-electron chi connectivity index (χ3n) is 5.98. The molecular weight excluding hydrogens is 446 g/mol. The van der Waals surface area contributed by atoms with Gasteiger partial charge in [0.15, 0.2) is 0 Å². The van der Waals surface area contributed by atoms with Gasteiger partial charge in [-0.05, 0) is 55.7 Å². The lowest BCUT2D eigenvalue weighted by Gasteiger charge is -2.45. The molecule has 1 unspecified atom stereocenters. The number of methoxy groups -OCH3 is 2. The number of hydrogen-bond donors (Lipinski definition) is 1. The molecular formula is C28H29NO6. The highest BCUT2D eigenvalue weighted by Crippen LogP contribution is 2.52. The Labute approximate surface area is 204 Å². The number of benzene rings is 3. The molecule has 182 valence electrons. The average molecular weight is 476 g/mol. The van der Waals surface area contributed by atoms with Crippen LogP contribution in [-0.4, -0.2) is 37.0 Å². The Morgan fingerprint density at radius 1 is 0.857 bits per heavy atom. The van der Waals surface area contributed by atoms with Gasteiger partial charge >= 0.3 is 12.1 Å². The summed E-state index contributed by atoms with van der Waals surface area (Å²) in [5.74, 6) is -0.352. The number of aliphatic hydroxyl groups is 1. The molecule has 0 bridgehead atoms. The highest BCUT2D eigenvalue weighted by Gasteiger charge is 2.55. The summed E-state index contributed by atoms with van der Waals surface area (Å²) in [4.78, 5) is 28.4. The summed E-state index contributed by atoms with van der Waals surface area (Å²) in [6.45, 7) is 5.29. The summed E-state index contributed by atoms with van der Waals surface area (Å²) in [5.41, 5.74) is -0.144. The molecule has 4 rings (SSSR count). The Morgan fingerprint density at radius 2 is 1.46 bits per heavy atom. The van der Waals surface area contributed by atoms with E-state index in [2.05, 4.69) is 0 Å². The number of amides is 1. The fourth-order valence-electron chi connectivity index (χ4n) is 4.49. The van der Waals surface area contributed by atoms with Crippen LogP contribution in [0.15, 0.2) is 72.8 Å². The minimum absolute atomic E-state index is 0.248. The first kappa shape index (κ1) is 24.3. The topological polar surface area (TPSA) is 85.3 Å². The Balaban J connectivity index is 2.03. The number of hydrogen-bond acceptors (Lipinski definition) is 6. The first-order valence-electron chi connectivity index (χ1n) is 11.3. The summed E-state index contributed by atoms with van der Waals surface area (Å²) in [6.07, 6.45) is -0.694. The molecule has 0 saturated heterocycles. The molecule has 7 heteroatoms. The molecule has 0 radical (unpaired) electrons. The minimum atomic E-state index is -2.26. The van der Waals surface area contributed by atoms with Gasteiger partial charge in [-0.3, -0.25) is 4.90 Å². The minimum Gasteiger partial charge on any atom is -0.497 e. The number of esters is 1. The highest BCUT2D eigenvalue weighted by atomic mass is 16.6. The van der Waals surface area contributed by atoms with E-state index in [1.165, 1.54) is 19.1 Å². The van der Waals surface area contributed by atoms with Crippen LogP contribution in [0.4, 0.5) is 10.5 Å². The predicted molar refractivity (Wildman–Crippen MR) is 132 cm³/mol. The highest BCUT2D eigenvalue weighted by molar-refractivity contribution is 6.00. The van der Waals surface area contributed by atoms with Gasteiger partial charge in [0, 0.05) is 5.56 Å².